The molecule has 0 saturated carbocycles. The number of hydrogen-bond donors (Lipinski definition) is 1. The topological polar surface area (TPSA) is 41.0 Å². The van der Waals surface area contributed by atoms with Gasteiger partial charge in [-0.25, -0.2) is 18.7 Å². The van der Waals surface area contributed by atoms with Crippen molar-refractivity contribution in [2.75, 3.05) is 25.0 Å². The van der Waals surface area contributed by atoms with Crippen LogP contribution in [0.15, 0.2) is 24.3 Å². The Hall–Kier alpha value is -1.82. The van der Waals surface area contributed by atoms with Gasteiger partial charge in [-0.05, 0) is 37.4 Å². The van der Waals surface area contributed by atoms with E-state index < -0.39 is 12.2 Å². The van der Waals surface area contributed by atoms with Crippen LogP contribution in [0.25, 0.3) is 10.9 Å². The Morgan fingerprint density at radius 1 is 1.25 bits per heavy atom. The molecule has 1 aromatic carbocycles. The van der Waals surface area contributed by atoms with Gasteiger partial charge in [-0.2, -0.15) is 0 Å². The molecule has 0 radical (unpaired) electrons. The Labute approximate surface area is 141 Å². The molecule has 0 unspecified atom stereocenters. The fourth-order valence-corrected chi connectivity index (χ4v) is 3.38. The van der Waals surface area contributed by atoms with Crippen LogP contribution in [0.5, 0.6) is 0 Å². The Morgan fingerprint density at radius 2 is 2.04 bits per heavy atom. The summed E-state index contributed by atoms with van der Waals surface area (Å²) in [7, 11) is 0. The van der Waals surface area contributed by atoms with Crippen LogP contribution in [0, 0.1) is 5.92 Å². The number of aromatic nitrogens is 2. The second-order valence-electron chi connectivity index (χ2n) is 6.81. The lowest BCUT2D eigenvalue weighted by Crippen LogP contribution is -2.37. The van der Waals surface area contributed by atoms with Gasteiger partial charge in [-0.3, -0.25) is 4.90 Å². The molecule has 1 aliphatic heterocycles. The van der Waals surface area contributed by atoms with Gasteiger partial charge in [0.1, 0.15) is 5.82 Å². The SMILES string of the molecule is CC(C)CN1CCC[C@@H]1CNc1nc(C(F)F)nc2ccccc12. The number of rotatable bonds is 6. The van der Waals surface area contributed by atoms with Crippen molar-refractivity contribution in [2.24, 2.45) is 5.92 Å². The highest BCUT2D eigenvalue weighted by atomic mass is 19.3. The van der Waals surface area contributed by atoms with Crippen LogP contribution in [0.2, 0.25) is 0 Å². The van der Waals surface area contributed by atoms with Crippen molar-refractivity contribution in [3.05, 3.63) is 30.1 Å². The van der Waals surface area contributed by atoms with Crippen molar-refractivity contribution < 1.29 is 8.78 Å². The zero-order valence-corrected chi connectivity index (χ0v) is 14.2. The van der Waals surface area contributed by atoms with E-state index in [9.17, 15) is 8.78 Å². The maximum absolute atomic E-state index is 13.1. The number of anilines is 1. The average Bonchev–Trinajstić information content (AvgIpc) is 2.98. The number of alkyl halides is 2. The van der Waals surface area contributed by atoms with E-state index in [1.807, 2.05) is 12.1 Å². The van der Waals surface area contributed by atoms with Crippen LogP contribution in [-0.4, -0.2) is 40.5 Å². The Kier molecular flexibility index (Phi) is 5.23. The molecule has 2 heterocycles. The highest BCUT2D eigenvalue weighted by molar-refractivity contribution is 5.89. The number of nitrogens with zero attached hydrogens (tertiary/aromatic N) is 3. The molecule has 6 heteroatoms. The van der Waals surface area contributed by atoms with Crippen molar-refractivity contribution in [1.82, 2.24) is 14.9 Å². The van der Waals surface area contributed by atoms with Crippen molar-refractivity contribution in [2.45, 2.75) is 39.2 Å². The monoisotopic (exact) mass is 334 g/mol. The molecule has 0 aliphatic carbocycles. The maximum atomic E-state index is 13.1. The summed E-state index contributed by atoms with van der Waals surface area (Å²) in [5.41, 5.74) is 0.552. The summed E-state index contributed by atoms with van der Waals surface area (Å²) in [4.78, 5) is 10.5. The van der Waals surface area contributed by atoms with Gasteiger partial charge in [-0.1, -0.05) is 26.0 Å². The van der Waals surface area contributed by atoms with E-state index in [2.05, 4.69) is 34.0 Å². The molecule has 0 amide bonds. The summed E-state index contributed by atoms with van der Waals surface area (Å²) in [5.74, 6) is 0.713. The standard InChI is InChI=1S/C18H24F2N4/c1-12(2)11-24-9-5-6-13(24)10-21-17-14-7-3-4-8-15(14)22-18(23-17)16(19)20/h3-4,7-8,12-13,16H,5-6,9-11H2,1-2H3,(H,21,22,23)/t13-/m1/s1. The van der Waals surface area contributed by atoms with Gasteiger partial charge in [0.2, 0.25) is 0 Å². The molecule has 1 N–H and O–H groups in total. The summed E-state index contributed by atoms with van der Waals surface area (Å²) in [6.07, 6.45) is -0.352. The van der Waals surface area contributed by atoms with Crippen molar-refractivity contribution in [3.8, 4) is 0 Å². The largest absolute Gasteiger partial charge is 0.368 e. The summed E-state index contributed by atoms with van der Waals surface area (Å²) in [5, 5.41) is 4.09. The summed E-state index contributed by atoms with van der Waals surface area (Å²) >= 11 is 0. The first kappa shape index (κ1) is 17.0. The normalized spacial score (nSPS) is 18.8. The first-order chi connectivity index (χ1) is 11.5. The number of benzene rings is 1. The number of halogens is 2. The Bertz CT molecular complexity index is 690. The first-order valence-corrected chi connectivity index (χ1v) is 8.57. The van der Waals surface area contributed by atoms with Gasteiger partial charge in [0.05, 0.1) is 5.52 Å². The van der Waals surface area contributed by atoms with Gasteiger partial charge in [0.25, 0.3) is 6.43 Å². The minimum atomic E-state index is -2.67. The molecule has 24 heavy (non-hydrogen) atoms. The van der Waals surface area contributed by atoms with E-state index in [0.717, 1.165) is 31.4 Å². The molecule has 1 fully saturated rings. The smallest absolute Gasteiger partial charge is 0.297 e. The zero-order valence-electron chi connectivity index (χ0n) is 14.2. The number of nitrogens with one attached hydrogen (secondary N) is 1. The molecule has 1 aliphatic rings. The van der Waals surface area contributed by atoms with E-state index in [4.69, 9.17) is 0 Å². The second kappa shape index (κ2) is 7.38. The molecular formula is C18H24F2N4. The van der Waals surface area contributed by atoms with Gasteiger partial charge < -0.3 is 5.32 Å². The predicted molar refractivity (Wildman–Crippen MR) is 92.4 cm³/mol. The van der Waals surface area contributed by atoms with Crippen LogP contribution >= 0.6 is 0 Å². The van der Waals surface area contributed by atoms with E-state index >= 15 is 0 Å². The molecular weight excluding hydrogens is 310 g/mol. The molecule has 4 nitrogen and oxygen atoms in total. The number of likely N-dealkylation sites (tertiary alicyclic amines) is 1. The van der Waals surface area contributed by atoms with Crippen LogP contribution in [0.3, 0.4) is 0 Å². The van der Waals surface area contributed by atoms with Crippen LogP contribution in [0.1, 0.15) is 38.9 Å². The summed E-state index contributed by atoms with van der Waals surface area (Å²) < 4.78 is 26.1. The molecule has 3 rings (SSSR count). The van der Waals surface area contributed by atoms with E-state index in [-0.39, 0.29) is 0 Å². The van der Waals surface area contributed by atoms with Crippen LogP contribution < -0.4 is 5.32 Å². The summed E-state index contributed by atoms with van der Waals surface area (Å²) in [6, 6.07) is 7.72. The maximum Gasteiger partial charge on any atom is 0.297 e. The number of fused-ring (bicyclic) bond motifs is 1. The molecule has 130 valence electrons. The van der Waals surface area contributed by atoms with Gasteiger partial charge in [0.15, 0.2) is 5.82 Å². The lowest BCUT2D eigenvalue weighted by atomic mass is 10.1. The van der Waals surface area contributed by atoms with E-state index in [1.54, 1.807) is 12.1 Å². The van der Waals surface area contributed by atoms with Crippen LogP contribution in [-0.2, 0) is 0 Å². The molecule has 0 spiro atoms. The number of hydrogen-bond acceptors (Lipinski definition) is 4. The lowest BCUT2D eigenvalue weighted by Gasteiger charge is -2.26. The average molecular weight is 334 g/mol. The second-order valence-corrected chi connectivity index (χ2v) is 6.81. The van der Waals surface area contributed by atoms with Crippen LogP contribution in [0.4, 0.5) is 14.6 Å². The number of para-hydroxylation sites is 1. The third-order valence-electron chi connectivity index (χ3n) is 4.42. The highest BCUT2D eigenvalue weighted by Gasteiger charge is 2.25. The third-order valence-corrected chi connectivity index (χ3v) is 4.42. The first-order valence-electron chi connectivity index (χ1n) is 8.57. The minimum absolute atomic E-state index is 0.415. The summed E-state index contributed by atoms with van der Waals surface area (Å²) in [6.45, 7) is 7.33. The fraction of sp³-hybridized carbons (Fsp3) is 0.556. The van der Waals surface area contributed by atoms with E-state index in [0.29, 0.717) is 23.3 Å². The van der Waals surface area contributed by atoms with Gasteiger partial charge in [-0.15, -0.1) is 0 Å². The molecule has 2 aromatic rings. The molecule has 1 atom stereocenters. The lowest BCUT2D eigenvalue weighted by molar-refractivity contribution is 0.141. The minimum Gasteiger partial charge on any atom is -0.368 e. The highest BCUT2D eigenvalue weighted by Crippen LogP contribution is 2.25. The predicted octanol–water partition coefficient (Wildman–Crippen LogP) is 4.10. The Balaban J connectivity index is 1.79. The van der Waals surface area contributed by atoms with E-state index in [1.165, 1.54) is 6.42 Å². The van der Waals surface area contributed by atoms with Gasteiger partial charge >= 0.3 is 0 Å². The zero-order chi connectivity index (χ0) is 17.1. The Morgan fingerprint density at radius 3 is 2.79 bits per heavy atom. The third kappa shape index (κ3) is 3.80. The fourth-order valence-electron chi connectivity index (χ4n) is 3.38. The van der Waals surface area contributed by atoms with Crippen molar-refractivity contribution in [1.29, 1.82) is 0 Å². The van der Waals surface area contributed by atoms with Crippen molar-refractivity contribution >= 4 is 16.7 Å². The molecule has 0 bridgehead atoms. The molecule has 1 saturated heterocycles. The van der Waals surface area contributed by atoms with Crippen molar-refractivity contribution in [3.63, 3.8) is 0 Å². The quantitative estimate of drug-likeness (QED) is 0.863. The molecule has 1 aromatic heterocycles. The van der Waals surface area contributed by atoms with Gasteiger partial charge in [0, 0.05) is 24.5 Å².